The number of aromatic nitrogens is 2. The fourth-order valence-corrected chi connectivity index (χ4v) is 2.84. The topological polar surface area (TPSA) is 96.4 Å². The van der Waals surface area contributed by atoms with Crippen LogP contribution in [0.2, 0.25) is 0 Å². The van der Waals surface area contributed by atoms with Crippen LogP contribution in [0.1, 0.15) is 22.0 Å². The van der Waals surface area contributed by atoms with Gasteiger partial charge in [0.1, 0.15) is 17.9 Å². The van der Waals surface area contributed by atoms with Crippen LogP contribution < -0.4 is 15.4 Å². The van der Waals surface area contributed by atoms with Crippen LogP contribution in [-0.2, 0) is 0 Å². The number of hydrogen-bond acceptors (Lipinski definition) is 6. The van der Waals surface area contributed by atoms with E-state index < -0.39 is 5.97 Å². The van der Waals surface area contributed by atoms with Crippen LogP contribution in [0.3, 0.4) is 0 Å². The number of carboxylic acids is 1. The van der Waals surface area contributed by atoms with Crippen molar-refractivity contribution in [3.8, 4) is 5.75 Å². The first kappa shape index (κ1) is 17.6. The molecular weight excluding hydrogens is 332 g/mol. The second kappa shape index (κ2) is 7.79. The predicted molar refractivity (Wildman–Crippen MR) is 99.8 cm³/mol. The van der Waals surface area contributed by atoms with Crippen LogP contribution >= 0.6 is 0 Å². The van der Waals surface area contributed by atoms with Gasteiger partial charge < -0.3 is 20.5 Å². The molecule has 7 heteroatoms. The summed E-state index contributed by atoms with van der Waals surface area (Å²) in [4.78, 5) is 20.1. The Morgan fingerprint density at radius 2 is 2.00 bits per heavy atom. The van der Waals surface area contributed by atoms with Gasteiger partial charge in [-0.3, -0.25) is 0 Å². The number of anilines is 1. The number of ether oxygens (including phenoxy) is 1. The summed E-state index contributed by atoms with van der Waals surface area (Å²) in [7, 11) is 3.37. The molecule has 26 heavy (non-hydrogen) atoms. The van der Waals surface area contributed by atoms with Crippen molar-refractivity contribution in [2.45, 2.75) is 6.04 Å². The summed E-state index contributed by atoms with van der Waals surface area (Å²) < 4.78 is 5.25. The summed E-state index contributed by atoms with van der Waals surface area (Å²) in [5.74, 6) is -0.0634. The Morgan fingerprint density at radius 3 is 2.65 bits per heavy atom. The molecule has 134 valence electrons. The maximum atomic E-state index is 11.6. The Morgan fingerprint density at radius 1 is 1.23 bits per heavy atom. The number of carboxylic acid groups (broad SMARTS) is 1. The Kier molecular flexibility index (Phi) is 5.28. The number of aromatic carboxylic acids is 1. The minimum absolute atomic E-state index is 0.0428. The lowest BCUT2D eigenvalue weighted by molar-refractivity contribution is 0.0698. The molecule has 3 aromatic rings. The van der Waals surface area contributed by atoms with Crippen LogP contribution in [0.25, 0.3) is 10.9 Å². The average Bonchev–Trinajstić information content (AvgIpc) is 2.67. The number of rotatable bonds is 7. The first-order valence-electron chi connectivity index (χ1n) is 8.16. The van der Waals surface area contributed by atoms with Crippen LogP contribution in [0, 0.1) is 0 Å². The number of nitrogens with one attached hydrogen (secondary N) is 2. The zero-order chi connectivity index (χ0) is 18.5. The highest BCUT2D eigenvalue weighted by molar-refractivity contribution is 6.05. The summed E-state index contributed by atoms with van der Waals surface area (Å²) in [5.41, 5.74) is 1.54. The molecule has 1 atom stereocenters. The van der Waals surface area contributed by atoms with Crippen LogP contribution in [-0.4, -0.2) is 41.7 Å². The average molecular weight is 352 g/mol. The first-order chi connectivity index (χ1) is 12.6. The van der Waals surface area contributed by atoms with Crippen molar-refractivity contribution in [2.24, 2.45) is 0 Å². The fraction of sp³-hybridized carbons (Fsp3) is 0.211. The monoisotopic (exact) mass is 352 g/mol. The number of carbonyl (C=O) groups is 1. The number of nitrogens with zero attached hydrogens (tertiary/aromatic N) is 2. The maximum Gasteiger partial charge on any atom is 0.338 e. The van der Waals surface area contributed by atoms with E-state index in [-0.39, 0.29) is 11.6 Å². The van der Waals surface area contributed by atoms with E-state index in [4.69, 9.17) is 4.74 Å². The zero-order valence-electron chi connectivity index (χ0n) is 14.6. The molecule has 3 N–H and O–H groups in total. The minimum atomic E-state index is -1.06. The van der Waals surface area contributed by atoms with Gasteiger partial charge >= 0.3 is 5.97 Å². The number of methoxy groups -OCH3 is 1. The predicted octanol–water partition coefficient (Wildman–Crippen LogP) is 2.71. The number of likely N-dealkylation sites (N-methyl/N-ethyl adjacent to an activating group) is 1. The molecule has 0 aliphatic heterocycles. The molecule has 1 aromatic heterocycles. The highest BCUT2D eigenvalue weighted by Gasteiger charge is 2.18. The van der Waals surface area contributed by atoms with E-state index in [1.165, 1.54) is 19.5 Å². The standard InChI is InChI=1S/C19H20N4O3/c1-20-10-16(12-6-4-3-5-7-12)23-18-14-8-13(26-2)9-15(19(24)25)17(14)21-11-22-18/h3-9,11,16,20H,10H2,1-2H3,(H,24,25)(H,21,22,23)/t16-/m1/s1. The van der Waals surface area contributed by atoms with Gasteiger partial charge in [0.05, 0.1) is 24.2 Å². The van der Waals surface area contributed by atoms with E-state index in [0.29, 0.717) is 29.0 Å². The largest absolute Gasteiger partial charge is 0.497 e. The van der Waals surface area contributed by atoms with Crippen molar-refractivity contribution in [2.75, 3.05) is 26.0 Å². The van der Waals surface area contributed by atoms with Gasteiger partial charge in [0.2, 0.25) is 0 Å². The summed E-state index contributed by atoms with van der Waals surface area (Å²) in [6, 6.07) is 13.1. The third-order valence-electron chi connectivity index (χ3n) is 4.10. The van der Waals surface area contributed by atoms with E-state index in [1.54, 1.807) is 6.07 Å². The smallest absolute Gasteiger partial charge is 0.338 e. The molecule has 0 fully saturated rings. The Balaban J connectivity index is 2.09. The molecule has 0 amide bonds. The Labute approximate surface area is 151 Å². The van der Waals surface area contributed by atoms with Gasteiger partial charge in [0.25, 0.3) is 0 Å². The normalized spacial score (nSPS) is 11.9. The van der Waals surface area contributed by atoms with E-state index in [2.05, 4.69) is 20.6 Å². The quantitative estimate of drug-likeness (QED) is 0.601. The van der Waals surface area contributed by atoms with Crippen molar-refractivity contribution in [1.82, 2.24) is 15.3 Å². The molecule has 1 heterocycles. The van der Waals surface area contributed by atoms with Gasteiger partial charge in [-0.05, 0) is 24.7 Å². The summed E-state index contributed by atoms with van der Waals surface area (Å²) >= 11 is 0. The second-order valence-corrected chi connectivity index (χ2v) is 5.76. The molecule has 0 aliphatic carbocycles. The highest BCUT2D eigenvalue weighted by atomic mass is 16.5. The molecule has 3 rings (SSSR count). The van der Waals surface area contributed by atoms with Crippen LogP contribution in [0.5, 0.6) is 5.75 Å². The molecule has 0 saturated carbocycles. The number of hydrogen-bond donors (Lipinski definition) is 3. The lowest BCUT2D eigenvalue weighted by Crippen LogP contribution is -2.24. The molecule has 0 radical (unpaired) electrons. The van der Waals surface area contributed by atoms with E-state index in [0.717, 1.165) is 5.56 Å². The van der Waals surface area contributed by atoms with Gasteiger partial charge in [0.15, 0.2) is 0 Å². The SMILES string of the molecule is CNC[C@@H](Nc1ncnc2c(C(=O)O)cc(OC)cc12)c1ccccc1. The van der Waals surface area contributed by atoms with E-state index >= 15 is 0 Å². The molecular formula is C19H20N4O3. The van der Waals surface area contributed by atoms with Crippen LogP contribution in [0.15, 0.2) is 48.8 Å². The van der Waals surface area contributed by atoms with Gasteiger partial charge in [-0.25, -0.2) is 14.8 Å². The molecule has 0 aliphatic rings. The van der Waals surface area contributed by atoms with Crippen molar-refractivity contribution >= 4 is 22.7 Å². The second-order valence-electron chi connectivity index (χ2n) is 5.76. The third-order valence-corrected chi connectivity index (χ3v) is 4.10. The van der Waals surface area contributed by atoms with Gasteiger partial charge in [-0.15, -0.1) is 0 Å². The highest BCUT2D eigenvalue weighted by Crippen LogP contribution is 2.30. The molecule has 0 bridgehead atoms. The van der Waals surface area contributed by atoms with E-state index in [9.17, 15) is 9.90 Å². The summed E-state index contributed by atoms with van der Waals surface area (Å²) in [5, 5.41) is 16.6. The molecule has 7 nitrogen and oxygen atoms in total. The van der Waals surface area contributed by atoms with Gasteiger partial charge in [-0.2, -0.15) is 0 Å². The van der Waals surface area contributed by atoms with Crippen molar-refractivity contribution in [1.29, 1.82) is 0 Å². The van der Waals surface area contributed by atoms with Gasteiger partial charge in [0, 0.05) is 11.9 Å². The Bertz CT molecular complexity index is 915. The first-order valence-corrected chi connectivity index (χ1v) is 8.16. The summed E-state index contributed by atoms with van der Waals surface area (Å²) in [6.07, 6.45) is 1.37. The van der Waals surface area contributed by atoms with Crippen molar-refractivity contribution in [3.63, 3.8) is 0 Å². The summed E-state index contributed by atoms with van der Waals surface area (Å²) in [6.45, 7) is 0.672. The molecule has 2 aromatic carbocycles. The lowest BCUT2D eigenvalue weighted by atomic mass is 10.1. The van der Waals surface area contributed by atoms with Crippen LogP contribution in [0.4, 0.5) is 5.82 Å². The van der Waals surface area contributed by atoms with E-state index in [1.807, 2.05) is 37.4 Å². The molecule has 0 saturated heterocycles. The number of fused-ring (bicyclic) bond motifs is 1. The fourth-order valence-electron chi connectivity index (χ4n) is 2.84. The maximum absolute atomic E-state index is 11.6. The third kappa shape index (κ3) is 3.57. The lowest BCUT2D eigenvalue weighted by Gasteiger charge is -2.20. The van der Waals surface area contributed by atoms with Gasteiger partial charge in [-0.1, -0.05) is 30.3 Å². The van der Waals surface area contributed by atoms with Crippen molar-refractivity contribution < 1.29 is 14.6 Å². The minimum Gasteiger partial charge on any atom is -0.497 e. The molecule has 0 unspecified atom stereocenters. The Hall–Kier alpha value is -3.19. The molecule has 0 spiro atoms. The zero-order valence-corrected chi connectivity index (χ0v) is 14.6. The van der Waals surface area contributed by atoms with Crippen molar-refractivity contribution in [3.05, 3.63) is 59.9 Å². The number of benzene rings is 2.